The summed E-state index contributed by atoms with van der Waals surface area (Å²) in [7, 11) is 3.22. The average Bonchev–Trinajstić information content (AvgIpc) is 3.02. The SMILES string of the molecule is CC.CCc1cc(-c2cc(CC(=O)OC)nn2C)cc2cnc(N)nc12. The lowest BCUT2D eigenvalue weighted by molar-refractivity contribution is -0.139. The highest BCUT2D eigenvalue weighted by molar-refractivity contribution is 5.87. The van der Waals surface area contributed by atoms with E-state index in [4.69, 9.17) is 10.5 Å². The molecule has 0 saturated carbocycles. The molecule has 0 amide bonds. The van der Waals surface area contributed by atoms with Gasteiger partial charge in [-0.25, -0.2) is 9.97 Å². The zero-order chi connectivity index (χ0) is 19.3. The van der Waals surface area contributed by atoms with E-state index in [-0.39, 0.29) is 18.3 Å². The molecule has 0 aliphatic heterocycles. The molecule has 0 aliphatic rings. The summed E-state index contributed by atoms with van der Waals surface area (Å²) in [6.07, 6.45) is 2.71. The Morgan fingerprint density at radius 3 is 2.65 bits per heavy atom. The Balaban J connectivity index is 0.00000117. The van der Waals surface area contributed by atoms with E-state index < -0.39 is 0 Å². The first-order valence-corrected chi connectivity index (χ1v) is 8.67. The van der Waals surface area contributed by atoms with E-state index in [1.54, 1.807) is 10.9 Å². The van der Waals surface area contributed by atoms with Crippen LogP contribution in [0.5, 0.6) is 0 Å². The zero-order valence-corrected chi connectivity index (χ0v) is 15.9. The van der Waals surface area contributed by atoms with Crippen molar-refractivity contribution in [3.63, 3.8) is 0 Å². The van der Waals surface area contributed by atoms with Crippen LogP contribution in [0.15, 0.2) is 24.4 Å². The number of nitrogens with two attached hydrogens (primary N) is 1. The van der Waals surface area contributed by atoms with Crippen LogP contribution in [0.2, 0.25) is 0 Å². The lowest BCUT2D eigenvalue weighted by Crippen LogP contribution is -2.05. The second-order valence-corrected chi connectivity index (χ2v) is 5.55. The summed E-state index contributed by atoms with van der Waals surface area (Å²) in [5.41, 5.74) is 10.3. The molecule has 2 aromatic heterocycles. The molecule has 2 heterocycles. The van der Waals surface area contributed by atoms with Gasteiger partial charge in [-0.15, -0.1) is 0 Å². The van der Waals surface area contributed by atoms with Crippen molar-refractivity contribution >= 4 is 22.8 Å². The fraction of sp³-hybridized carbons (Fsp3) is 0.368. The number of nitrogens with zero attached hydrogens (tertiary/aromatic N) is 4. The van der Waals surface area contributed by atoms with Gasteiger partial charge in [-0.2, -0.15) is 5.10 Å². The lowest BCUT2D eigenvalue weighted by Gasteiger charge is -2.09. The smallest absolute Gasteiger partial charge is 0.311 e. The molecule has 3 aromatic rings. The quantitative estimate of drug-likeness (QED) is 0.723. The number of methoxy groups -OCH3 is 1. The molecule has 0 bridgehead atoms. The topological polar surface area (TPSA) is 95.9 Å². The number of ether oxygens (including phenoxy) is 1. The molecule has 0 aliphatic carbocycles. The number of anilines is 1. The van der Waals surface area contributed by atoms with Crippen LogP contribution in [0.1, 0.15) is 32.0 Å². The molecular weight excluding hydrogens is 330 g/mol. The maximum atomic E-state index is 11.4. The van der Waals surface area contributed by atoms with Crippen molar-refractivity contribution in [3.8, 4) is 11.3 Å². The van der Waals surface area contributed by atoms with Crippen LogP contribution in [0.25, 0.3) is 22.2 Å². The van der Waals surface area contributed by atoms with E-state index in [1.807, 2.05) is 33.0 Å². The van der Waals surface area contributed by atoms with E-state index in [0.29, 0.717) is 5.69 Å². The third-order valence-corrected chi connectivity index (χ3v) is 3.94. The van der Waals surface area contributed by atoms with Gasteiger partial charge in [0.25, 0.3) is 0 Å². The van der Waals surface area contributed by atoms with Gasteiger partial charge >= 0.3 is 5.97 Å². The van der Waals surface area contributed by atoms with Crippen LogP contribution in [0.4, 0.5) is 5.95 Å². The maximum Gasteiger partial charge on any atom is 0.311 e. The Morgan fingerprint density at radius 1 is 1.27 bits per heavy atom. The highest BCUT2D eigenvalue weighted by Crippen LogP contribution is 2.27. The monoisotopic (exact) mass is 355 g/mol. The number of nitrogen functional groups attached to an aromatic ring is 1. The Labute approximate surface area is 153 Å². The normalized spacial score (nSPS) is 10.3. The van der Waals surface area contributed by atoms with E-state index in [0.717, 1.165) is 34.1 Å². The van der Waals surface area contributed by atoms with Crippen molar-refractivity contribution in [1.29, 1.82) is 0 Å². The molecule has 7 nitrogen and oxygen atoms in total. The van der Waals surface area contributed by atoms with Gasteiger partial charge in [-0.3, -0.25) is 9.48 Å². The Morgan fingerprint density at radius 2 is 2.00 bits per heavy atom. The van der Waals surface area contributed by atoms with Crippen LogP contribution >= 0.6 is 0 Å². The van der Waals surface area contributed by atoms with Gasteiger partial charge in [0, 0.05) is 24.2 Å². The summed E-state index contributed by atoms with van der Waals surface area (Å²) < 4.78 is 6.46. The lowest BCUT2D eigenvalue weighted by atomic mass is 10.0. The molecule has 0 spiro atoms. The number of hydrogen-bond acceptors (Lipinski definition) is 6. The Hall–Kier alpha value is -2.96. The average molecular weight is 355 g/mol. The molecule has 3 rings (SSSR count). The van der Waals surface area contributed by atoms with Crippen LogP contribution in [0, 0.1) is 0 Å². The highest BCUT2D eigenvalue weighted by Gasteiger charge is 2.13. The minimum Gasteiger partial charge on any atom is -0.469 e. The second kappa shape index (κ2) is 8.42. The fourth-order valence-electron chi connectivity index (χ4n) is 2.75. The molecule has 0 unspecified atom stereocenters. The van der Waals surface area contributed by atoms with Crippen LogP contribution in [-0.4, -0.2) is 32.8 Å². The number of carbonyl (C=O) groups is 1. The molecular formula is C19H25N5O2. The van der Waals surface area contributed by atoms with E-state index in [1.165, 1.54) is 7.11 Å². The van der Waals surface area contributed by atoms with Crippen molar-refractivity contribution in [2.75, 3.05) is 12.8 Å². The van der Waals surface area contributed by atoms with E-state index >= 15 is 0 Å². The number of hydrogen-bond donors (Lipinski definition) is 1. The van der Waals surface area contributed by atoms with Gasteiger partial charge in [-0.1, -0.05) is 20.8 Å². The van der Waals surface area contributed by atoms with E-state index in [9.17, 15) is 4.79 Å². The largest absolute Gasteiger partial charge is 0.469 e. The van der Waals surface area contributed by atoms with Crippen LogP contribution in [0.3, 0.4) is 0 Å². The number of esters is 1. The third-order valence-electron chi connectivity index (χ3n) is 3.94. The van der Waals surface area contributed by atoms with Gasteiger partial charge in [-0.05, 0) is 30.2 Å². The van der Waals surface area contributed by atoms with Crippen molar-refractivity contribution in [1.82, 2.24) is 19.7 Å². The van der Waals surface area contributed by atoms with Crippen molar-refractivity contribution < 1.29 is 9.53 Å². The number of carbonyl (C=O) groups excluding carboxylic acids is 1. The van der Waals surface area contributed by atoms with Gasteiger partial charge in [0.15, 0.2) is 0 Å². The molecule has 1 aromatic carbocycles. The minimum absolute atomic E-state index is 0.151. The summed E-state index contributed by atoms with van der Waals surface area (Å²) in [6.45, 7) is 6.07. The maximum absolute atomic E-state index is 11.4. The predicted octanol–water partition coefficient (Wildman–Crippen LogP) is 2.92. The molecule has 0 radical (unpaired) electrons. The predicted molar refractivity (Wildman–Crippen MR) is 103 cm³/mol. The summed E-state index contributed by atoms with van der Waals surface area (Å²) in [4.78, 5) is 19.9. The number of aromatic nitrogens is 4. The Kier molecular flexibility index (Phi) is 6.27. The van der Waals surface area contributed by atoms with Crippen LogP contribution in [-0.2, 0) is 29.4 Å². The molecule has 2 N–H and O–H groups in total. The van der Waals surface area contributed by atoms with Gasteiger partial charge in [0.05, 0.1) is 30.4 Å². The first-order valence-electron chi connectivity index (χ1n) is 8.67. The number of fused-ring (bicyclic) bond motifs is 1. The van der Waals surface area contributed by atoms with Gasteiger partial charge < -0.3 is 10.5 Å². The number of rotatable bonds is 4. The standard InChI is InChI=1S/C17H19N5O2.C2H6/c1-4-10-5-11(6-12-9-19-17(18)20-16(10)12)14-7-13(21-22(14)2)8-15(23)24-3;1-2/h5-7,9H,4,8H2,1-3H3,(H2,18,19,20);1-2H3. The number of benzene rings is 1. The molecule has 0 atom stereocenters. The van der Waals surface area contributed by atoms with Gasteiger partial charge in [0.1, 0.15) is 0 Å². The molecule has 138 valence electrons. The fourth-order valence-corrected chi connectivity index (χ4v) is 2.75. The summed E-state index contributed by atoms with van der Waals surface area (Å²) in [6, 6.07) is 5.98. The molecule has 0 fully saturated rings. The van der Waals surface area contributed by atoms with Crippen molar-refractivity contribution in [2.24, 2.45) is 7.05 Å². The van der Waals surface area contributed by atoms with E-state index in [2.05, 4.69) is 28.1 Å². The molecule has 7 heteroatoms. The summed E-state index contributed by atoms with van der Waals surface area (Å²) >= 11 is 0. The minimum atomic E-state index is -0.309. The zero-order valence-electron chi connectivity index (χ0n) is 15.9. The van der Waals surface area contributed by atoms with Gasteiger partial charge in [0.2, 0.25) is 5.95 Å². The molecule has 0 saturated heterocycles. The first kappa shape index (κ1) is 19.4. The van der Waals surface area contributed by atoms with Crippen molar-refractivity contribution in [3.05, 3.63) is 35.7 Å². The summed E-state index contributed by atoms with van der Waals surface area (Å²) in [5.74, 6) is -0.0397. The third kappa shape index (κ3) is 3.99. The van der Waals surface area contributed by atoms with Crippen LogP contribution < -0.4 is 5.73 Å². The van der Waals surface area contributed by atoms with Crippen molar-refractivity contribution in [2.45, 2.75) is 33.6 Å². The number of aryl methyl sites for hydroxylation is 2. The molecule has 26 heavy (non-hydrogen) atoms. The first-order chi connectivity index (χ1) is 12.5. The Bertz CT molecular complexity index is 918. The highest BCUT2D eigenvalue weighted by atomic mass is 16.5. The second-order valence-electron chi connectivity index (χ2n) is 5.55. The summed E-state index contributed by atoms with van der Waals surface area (Å²) in [5, 5.41) is 5.31.